The van der Waals surface area contributed by atoms with Gasteiger partial charge >= 0.3 is 12.1 Å². The van der Waals surface area contributed by atoms with Crippen LogP contribution >= 0.6 is 0 Å². The molecule has 0 saturated heterocycles. The van der Waals surface area contributed by atoms with Gasteiger partial charge in [-0.15, -0.1) is 0 Å². The Labute approximate surface area is 465 Å². The number of hydrogen-bond acceptors (Lipinski definition) is 17. The lowest BCUT2D eigenvalue weighted by molar-refractivity contribution is -0.147. The summed E-state index contributed by atoms with van der Waals surface area (Å²) in [6.07, 6.45) is 3.25. The zero-order chi connectivity index (χ0) is 56.6. The van der Waals surface area contributed by atoms with Gasteiger partial charge in [0.05, 0.1) is 39.0 Å². The van der Waals surface area contributed by atoms with Gasteiger partial charge < -0.3 is 48.9 Å². The number of esters is 1. The Bertz CT molecular complexity index is 3550. The number of aromatic nitrogens is 8. The topological polar surface area (TPSA) is 278 Å². The summed E-state index contributed by atoms with van der Waals surface area (Å²) >= 11 is 0. The molecule has 0 atom stereocenters. The first-order chi connectivity index (χ1) is 39.5. The van der Waals surface area contributed by atoms with Crippen molar-refractivity contribution in [2.75, 3.05) is 64.5 Å². The smallest absolute Gasteiger partial charge is 0.413 e. The maximum absolute atomic E-state index is 14.7. The molecule has 0 unspecified atom stereocenters. The van der Waals surface area contributed by atoms with E-state index in [1.54, 1.807) is 7.11 Å². The molecule has 0 spiro atoms. The minimum Gasteiger partial charge on any atom is -0.497 e. The zero-order valence-corrected chi connectivity index (χ0v) is 44.4. The van der Waals surface area contributed by atoms with Crippen LogP contribution in [0.25, 0.3) is 22.3 Å². The number of amides is 4. The number of carbonyl (C=O) groups is 5. The molecular weight excluding hydrogens is 1040 g/mol. The number of hydrogen-bond donors (Lipinski definition) is 4. The molecule has 0 fully saturated rings. The SMILES string of the molecule is COC(=O)CN(CCNC(=O)CN(CCNC(c1ccccc1)(c1ccccc1)c1ccc(OC)cc1)C(=O)Cn1cnc2c(NC(=O)OCc3ccccc3)ncnc21)C(=O)Cn1cnc2c(OCc3ccccc3)nc(N)nc21. The van der Waals surface area contributed by atoms with E-state index < -0.39 is 48.4 Å². The van der Waals surface area contributed by atoms with Gasteiger partial charge in [-0.05, 0) is 39.9 Å². The highest BCUT2D eigenvalue weighted by Crippen LogP contribution is 2.37. The van der Waals surface area contributed by atoms with Gasteiger partial charge in [0.25, 0.3) is 0 Å². The zero-order valence-electron chi connectivity index (χ0n) is 44.4. The van der Waals surface area contributed by atoms with Gasteiger partial charge in [0.1, 0.15) is 44.9 Å². The molecule has 414 valence electrons. The van der Waals surface area contributed by atoms with Gasteiger partial charge in [-0.2, -0.15) is 9.97 Å². The quantitative estimate of drug-likeness (QED) is 0.0427. The number of imidazole rings is 2. The first-order valence-corrected chi connectivity index (χ1v) is 25.7. The highest BCUT2D eigenvalue weighted by molar-refractivity contribution is 5.94. The number of ether oxygens (including phenoxy) is 4. The molecule has 5 aromatic carbocycles. The number of rotatable bonds is 25. The summed E-state index contributed by atoms with van der Waals surface area (Å²) < 4.78 is 24.8. The normalized spacial score (nSPS) is 11.2. The monoisotopic (exact) mass is 1090 g/mol. The number of benzene rings is 5. The Morgan fingerprint density at radius 1 is 0.605 bits per heavy atom. The maximum atomic E-state index is 14.7. The Hall–Kier alpha value is -10.3. The molecule has 23 heteroatoms. The molecule has 0 aliphatic heterocycles. The van der Waals surface area contributed by atoms with Crippen molar-refractivity contribution in [3.05, 3.63) is 192 Å². The third kappa shape index (κ3) is 13.7. The van der Waals surface area contributed by atoms with Gasteiger partial charge in [-0.3, -0.25) is 29.8 Å². The molecule has 23 nitrogen and oxygen atoms in total. The summed E-state index contributed by atoms with van der Waals surface area (Å²) in [6.45, 7) is -1.35. The van der Waals surface area contributed by atoms with Crippen LogP contribution < -0.4 is 31.2 Å². The predicted molar refractivity (Wildman–Crippen MR) is 298 cm³/mol. The molecule has 4 aromatic heterocycles. The highest BCUT2D eigenvalue weighted by atomic mass is 16.5. The van der Waals surface area contributed by atoms with Crippen LogP contribution in [0.3, 0.4) is 0 Å². The van der Waals surface area contributed by atoms with E-state index in [0.717, 1.165) is 27.8 Å². The van der Waals surface area contributed by atoms with E-state index in [1.165, 1.54) is 45.0 Å². The summed E-state index contributed by atoms with van der Waals surface area (Å²) in [5.41, 5.74) is 10.4. The van der Waals surface area contributed by atoms with Crippen LogP contribution in [0.1, 0.15) is 27.8 Å². The van der Waals surface area contributed by atoms with Crippen LogP contribution in [0.2, 0.25) is 0 Å². The van der Waals surface area contributed by atoms with Gasteiger partial charge in [0, 0.05) is 26.2 Å². The van der Waals surface area contributed by atoms with Crippen molar-refractivity contribution >= 4 is 63.9 Å². The van der Waals surface area contributed by atoms with Crippen LogP contribution in [0.4, 0.5) is 16.6 Å². The molecule has 0 radical (unpaired) electrons. The average molecular weight is 1100 g/mol. The van der Waals surface area contributed by atoms with Gasteiger partial charge in [0.2, 0.25) is 29.5 Å². The van der Waals surface area contributed by atoms with Crippen molar-refractivity contribution in [3.63, 3.8) is 0 Å². The lowest BCUT2D eigenvalue weighted by Crippen LogP contribution is -2.50. The van der Waals surface area contributed by atoms with Crippen LogP contribution in [-0.2, 0) is 60.5 Å². The third-order valence-electron chi connectivity index (χ3n) is 13.1. The lowest BCUT2D eigenvalue weighted by Gasteiger charge is -2.38. The van der Waals surface area contributed by atoms with Crippen LogP contribution in [0.5, 0.6) is 11.6 Å². The first kappa shape index (κ1) is 55.5. The fourth-order valence-corrected chi connectivity index (χ4v) is 9.08. The van der Waals surface area contributed by atoms with E-state index in [1.807, 2.05) is 146 Å². The number of fused-ring (bicyclic) bond motifs is 2. The number of anilines is 2. The second kappa shape index (κ2) is 26.4. The minimum atomic E-state index is -0.953. The Kier molecular flexibility index (Phi) is 18.1. The number of nitrogen functional groups attached to an aromatic ring is 1. The summed E-state index contributed by atoms with van der Waals surface area (Å²) in [6, 6.07) is 46.1. The largest absolute Gasteiger partial charge is 0.497 e. The van der Waals surface area contributed by atoms with Gasteiger partial charge in [-0.25, -0.2) is 24.7 Å². The second-order valence-electron chi connectivity index (χ2n) is 18.4. The maximum Gasteiger partial charge on any atom is 0.413 e. The number of nitrogens with two attached hydrogens (primary N) is 1. The van der Waals surface area contributed by atoms with E-state index in [-0.39, 0.29) is 92.5 Å². The van der Waals surface area contributed by atoms with Crippen molar-refractivity contribution in [2.24, 2.45) is 0 Å². The second-order valence-corrected chi connectivity index (χ2v) is 18.4. The molecule has 4 heterocycles. The molecule has 0 bridgehead atoms. The van der Waals surface area contributed by atoms with E-state index in [9.17, 15) is 24.0 Å². The summed E-state index contributed by atoms with van der Waals surface area (Å²) in [5, 5.41) is 9.23. The number of nitrogens with zero attached hydrogens (tertiary/aromatic N) is 10. The number of carbonyl (C=O) groups excluding carboxylic acids is 5. The predicted octanol–water partition coefficient (Wildman–Crippen LogP) is 5.11. The first-order valence-electron chi connectivity index (χ1n) is 25.7. The fourth-order valence-electron chi connectivity index (χ4n) is 9.08. The number of nitrogens with one attached hydrogen (secondary N) is 3. The lowest BCUT2D eigenvalue weighted by atomic mass is 9.77. The Morgan fingerprint density at radius 2 is 1.16 bits per heavy atom. The van der Waals surface area contributed by atoms with Crippen molar-refractivity contribution < 1.29 is 42.9 Å². The van der Waals surface area contributed by atoms with E-state index in [2.05, 4.69) is 45.9 Å². The number of methoxy groups -OCH3 is 2. The molecule has 5 N–H and O–H groups in total. The summed E-state index contributed by atoms with van der Waals surface area (Å²) in [5.74, 6) is -1.51. The van der Waals surface area contributed by atoms with E-state index >= 15 is 0 Å². The molecule has 0 aliphatic carbocycles. The van der Waals surface area contributed by atoms with Crippen molar-refractivity contribution in [1.82, 2.24) is 59.5 Å². The van der Waals surface area contributed by atoms with Crippen LogP contribution in [0.15, 0.2) is 165 Å². The summed E-state index contributed by atoms with van der Waals surface area (Å²) in [7, 11) is 2.80. The van der Waals surface area contributed by atoms with E-state index in [4.69, 9.17) is 24.7 Å². The molecule has 9 rings (SSSR count). The van der Waals surface area contributed by atoms with Crippen LogP contribution in [-0.4, -0.2) is 132 Å². The van der Waals surface area contributed by atoms with Crippen molar-refractivity contribution in [2.45, 2.75) is 31.8 Å². The molecule has 0 saturated carbocycles. The van der Waals surface area contributed by atoms with Gasteiger partial charge in [-0.1, -0.05) is 133 Å². The van der Waals surface area contributed by atoms with Crippen LogP contribution in [0, 0.1) is 0 Å². The molecule has 9 aromatic rings. The Morgan fingerprint density at radius 3 is 1.78 bits per heavy atom. The molecular formula is C58H58N14O9. The average Bonchev–Trinajstić information content (AvgIpc) is 4.15. The van der Waals surface area contributed by atoms with Crippen molar-refractivity contribution in [3.8, 4) is 11.6 Å². The molecule has 81 heavy (non-hydrogen) atoms. The Balaban J connectivity index is 0.930. The highest BCUT2D eigenvalue weighted by Gasteiger charge is 2.36. The van der Waals surface area contributed by atoms with Crippen molar-refractivity contribution in [1.29, 1.82) is 0 Å². The minimum absolute atomic E-state index is 0.0182. The van der Waals surface area contributed by atoms with E-state index in [0.29, 0.717) is 5.75 Å². The summed E-state index contributed by atoms with van der Waals surface area (Å²) in [4.78, 5) is 97.0. The standard InChI is InChI=1S/C58H58N14O9/c1-78-45-25-23-44(24-26-45)58(42-19-11-5-12-20-42,43-21-13-6-14-22-43)65-28-30-69(47(74)32-71-38-63-50-52(61-37-62-53(50)71)66-57(77)81-36-41-17-9-4-10-18-41)31-46(73)60-27-29-70(34-49(76)79-2)48(75)33-72-39-64-51-54(72)67-56(59)68-55(51)80-35-40-15-7-3-8-16-40/h3-26,37-39,65H,27-36H2,1-2H3,(H,60,73)(H2,59,67,68)(H,61,62,66,77). The molecule has 4 amide bonds. The molecule has 0 aliphatic rings. The third-order valence-corrected chi connectivity index (χ3v) is 13.1. The fraction of sp³-hybridized carbons (Fsp3) is 0.224. The van der Waals surface area contributed by atoms with Gasteiger partial charge in [0.15, 0.2) is 28.1 Å².